The summed E-state index contributed by atoms with van der Waals surface area (Å²) in [6.45, 7) is 3.35. The van der Waals surface area contributed by atoms with Gasteiger partial charge in [-0.1, -0.05) is 23.2 Å². The van der Waals surface area contributed by atoms with Crippen LogP contribution in [0.2, 0.25) is 5.02 Å². The van der Waals surface area contributed by atoms with E-state index in [1.807, 2.05) is 0 Å². The average Bonchev–Trinajstić information content (AvgIpc) is 2.93. The third kappa shape index (κ3) is 8.67. The fourth-order valence-corrected chi connectivity index (χ4v) is 3.74. The molecule has 3 rings (SSSR count). The summed E-state index contributed by atoms with van der Waals surface area (Å²) in [6, 6.07) is 11.3. The van der Waals surface area contributed by atoms with Crippen LogP contribution in [0.25, 0.3) is 0 Å². The molecule has 222 valence electrons. The zero-order valence-corrected chi connectivity index (χ0v) is 23.5. The van der Waals surface area contributed by atoms with Gasteiger partial charge in [-0.15, -0.1) is 0 Å². The van der Waals surface area contributed by atoms with Gasteiger partial charge in [0.25, 0.3) is 11.8 Å². The minimum absolute atomic E-state index is 0.00672. The lowest BCUT2D eigenvalue weighted by molar-refractivity contribution is -0.170. The maximum Gasteiger partial charge on any atom is 0.471 e. The highest BCUT2D eigenvalue weighted by Crippen LogP contribution is 2.30. The molecular weight excluding hydrogens is 579 g/mol. The average molecular weight is 606 g/mol. The largest absolute Gasteiger partial charge is 0.493 e. The molecule has 42 heavy (non-hydrogen) atoms. The van der Waals surface area contributed by atoms with Crippen molar-refractivity contribution in [3.05, 3.63) is 76.4 Å². The SMILES string of the molecule is CC(=O)NCCCOc1cc(N(C)C(=O)C(F)(F)F)ccc1C(=O)Nc1ccc(C)cc1C(=O)Nc1ccc(Cl)cn1. The van der Waals surface area contributed by atoms with Crippen LogP contribution in [0.3, 0.4) is 0 Å². The molecular formula is C28H27ClF3N5O5. The van der Waals surface area contributed by atoms with Crippen LogP contribution in [0.5, 0.6) is 5.75 Å². The van der Waals surface area contributed by atoms with Crippen molar-refractivity contribution >= 4 is 52.4 Å². The number of carbonyl (C=O) groups excluding carboxylic acids is 4. The molecule has 0 aliphatic heterocycles. The number of nitrogens with one attached hydrogen (secondary N) is 3. The Morgan fingerprint density at radius 2 is 1.69 bits per heavy atom. The van der Waals surface area contributed by atoms with Crippen molar-refractivity contribution in [3.63, 3.8) is 0 Å². The number of nitrogens with zero attached hydrogens (tertiary/aromatic N) is 2. The van der Waals surface area contributed by atoms with Crippen molar-refractivity contribution in [2.24, 2.45) is 0 Å². The third-order valence-corrected chi connectivity index (χ3v) is 5.96. The lowest BCUT2D eigenvalue weighted by atomic mass is 10.1. The van der Waals surface area contributed by atoms with Gasteiger partial charge < -0.3 is 25.6 Å². The second-order valence-corrected chi connectivity index (χ2v) is 9.48. The number of alkyl halides is 3. The molecule has 1 aromatic heterocycles. The van der Waals surface area contributed by atoms with E-state index in [4.69, 9.17) is 16.3 Å². The molecule has 10 nitrogen and oxygen atoms in total. The fraction of sp³-hybridized carbons (Fsp3) is 0.250. The summed E-state index contributed by atoms with van der Waals surface area (Å²) in [5.74, 6) is -3.55. The summed E-state index contributed by atoms with van der Waals surface area (Å²) < 4.78 is 44.7. The zero-order valence-electron chi connectivity index (χ0n) is 22.8. The Hall–Kier alpha value is -4.65. The number of rotatable bonds is 10. The normalized spacial score (nSPS) is 10.9. The number of aromatic nitrogens is 1. The summed E-state index contributed by atoms with van der Waals surface area (Å²) in [7, 11) is 0.943. The number of benzene rings is 2. The minimum Gasteiger partial charge on any atom is -0.493 e. The topological polar surface area (TPSA) is 130 Å². The second-order valence-electron chi connectivity index (χ2n) is 9.05. The van der Waals surface area contributed by atoms with Crippen molar-refractivity contribution in [2.45, 2.75) is 26.4 Å². The van der Waals surface area contributed by atoms with E-state index in [1.54, 1.807) is 25.1 Å². The maximum absolute atomic E-state index is 13.4. The molecule has 0 saturated heterocycles. The summed E-state index contributed by atoms with van der Waals surface area (Å²) in [6.07, 6.45) is -3.44. The van der Waals surface area contributed by atoms with Gasteiger partial charge >= 0.3 is 12.1 Å². The maximum atomic E-state index is 13.4. The molecule has 0 saturated carbocycles. The highest BCUT2D eigenvalue weighted by molar-refractivity contribution is 6.30. The van der Waals surface area contributed by atoms with E-state index in [9.17, 15) is 32.3 Å². The van der Waals surface area contributed by atoms with Crippen LogP contribution in [-0.2, 0) is 9.59 Å². The van der Waals surface area contributed by atoms with Crippen molar-refractivity contribution in [1.29, 1.82) is 0 Å². The van der Waals surface area contributed by atoms with Crippen molar-refractivity contribution in [2.75, 3.05) is 35.7 Å². The highest BCUT2D eigenvalue weighted by atomic mass is 35.5. The smallest absolute Gasteiger partial charge is 0.471 e. The summed E-state index contributed by atoms with van der Waals surface area (Å²) in [4.78, 5) is 53.7. The van der Waals surface area contributed by atoms with Crippen molar-refractivity contribution in [1.82, 2.24) is 10.3 Å². The second kappa shape index (κ2) is 13.8. The molecule has 0 radical (unpaired) electrons. The van der Waals surface area contributed by atoms with Crippen LogP contribution in [0.1, 0.15) is 39.6 Å². The van der Waals surface area contributed by atoms with Gasteiger partial charge in [-0.25, -0.2) is 4.98 Å². The third-order valence-electron chi connectivity index (χ3n) is 5.73. The fourth-order valence-electron chi connectivity index (χ4n) is 3.63. The number of carbonyl (C=O) groups is 4. The van der Waals surface area contributed by atoms with E-state index in [0.717, 1.165) is 24.7 Å². The predicted octanol–water partition coefficient (Wildman–Crippen LogP) is 4.98. The molecule has 0 unspecified atom stereocenters. The summed E-state index contributed by atoms with van der Waals surface area (Å²) >= 11 is 5.84. The lowest BCUT2D eigenvalue weighted by Gasteiger charge is -2.21. The predicted molar refractivity (Wildman–Crippen MR) is 151 cm³/mol. The molecule has 1 heterocycles. The van der Waals surface area contributed by atoms with Gasteiger partial charge in [-0.2, -0.15) is 13.2 Å². The zero-order chi connectivity index (χ0) is 31.0. The van der Waals surface area contributed by atoms with Crippen LogP contribution < -0.4 is 25.6 Å². The van der Waals surface area contributed by atoms with E-state index in [1.165, 1.54) is 31.3 Å². The van der Waals surface area contributed by atoms with E-state index in [-0.39, 0.29) is 53.1 Å². The van der Waals surface area contributed by atoms with Gasteiger partial charge in [0.1, 0.15) is 11.6 Å². The monoisotopic (exact) mass is 605 g/mol. The number of hydrogen-bond donors (Lipinski definition) is 3. The van der Waals surface area contributed by atoms with Crippen LogP contribution in [0, 0.1) is 6.92 Å². The summed E-state index contributed by atoms with van der Waals surface area (Å²) in [5, 5.41) is 8.23. The lowest BCUT2D eigenvalue weighted by Crippen LogP contribution is -2.38. The molecule has 4 amide bonds. The van der Waals surface area contributed by atoms with Crippen LogP contribution in [-0.4, -0.2) is 55.0 Å². The van der Waals surface area contributed by atoms with Crippen LogP contribution >= 0.6 is 11.6 Å². The minimum atomic E-state index is -5.12. The molecule has 0 spiro atoms. The van der Waals surface area contributed by atoms with E-state index in [0.29, 0.717) is 16.3 Å². The molecule has 2 aromatic carbocycles. The Morgan fingerprint density at radius 1 is 0.976 bits per heavy atom. The van der Waals surface area contributed by atoms with E-state index in [2.05, 4.69) is 20.9 Å². The highest BCUT2D eigenvalue weighted by Gasteiger charge is 2.41. The number of anilines is 3. The molecule has 3 aromatic rings. The van der Waals surface area contributed by atoms with Crippen molar-refractivity contribution < 1.29 is 37.1 Å². The first kappa shape index (κ1) is 31.9. The van der Waals surface area contributed by atoms with Gasteiger partial charge in [0.2, 0.25) is 5.91 Å². The Kier molecular flexibility index (Phi) is 10.5. The Morgan fingerprint density at radius 3 is 2.33 bits per heavy atom. The molecule has 14 heteroatoms. The number of pyridine rings is 1. The molecule has 0 bridgehead atoms. The number of ether oxygens (including phenoxy) is 1. The molecule has 0 fully saturated rings. The first-order valence-electron chi connectivity index (χ1n) is 12.5. The Bertz CT molecular complexity index is 1480. The molecule has 0 aliphatic carbocycles. The van der Waals surface area contributed by atoms with Crippen LogP contribution in [0.15, 0.2) is 54.7 Å². The number of hydrogen-bond acceptors (Lipinski definition) is 6. The Labute approximate surface area is 244 Å². The number of aryl methyl sites for hydroxylation is 1. The van der Waals surface area contributed by atoms with Gasteiger partial charge in [0.05, 0.1) is 28.4 Å². The number of halogens is 4. The standard InChI is InChI=1S/C28H27ClF3N5O5/c1-16-5-9-22(21(13-16)26(40)36-24-10-6-18(29)15-34-24)35-25(39)20-8-7-19(37(3)27(41)28(30,31)32)14-23(20)42-12-4-11-33-17(2)38/h5-10,13-15H,4,11-12H2,1-3H3,(H,33,38)(H,35,39)(H,34,36,40). The van der Waals surface area contributed by atoms with Crippen LogP contribution in [0.4, 0.5) is 30.4 Å². The quantitative estimate of drug-likeness (QED) is 0.280. The Balaban J connectivity index is 1.89. The number of amides is 4. The van der Waals surface area contributed by atoms with Crippen molar-refractivity contribution in [3.8, 4) is 5.75 Å². The first-order valence-corrected chi connectivity index (χ1v) is 12.8. The molecule has 0 aliphatic rings. The molecule has 3 N–H and O–H groups in total. The van der Waals surface area contributed by atoms with Gasteiger partial charge in [0, 0.05) is 38.5 Å². The summed E-state index contributed by atoms with van der Waals surface area (Å²) in [5.41, 5.74) is 0.744. The van der Waals surface area contributed by atoms with E-state index >= 15 is 0 Å². The van der Waals surface area contributed by atoms with Gasteiger partial charge in [-0.05, 0) is 49.7 Å². The van der Waals surface area contributed by atoms with E-state index < -0.39 is 23.9 Å². The van der Waals surface area contributed by atoms with Gasteiger partial charge in [0.15, 0.2) is 0 Å². The van der Waals surface area contributed by atoms with Gasteiger partial charge in [-0.3, -0.25) is 19.2 Å². The first-order chi connectivity index (χ1) is 19.8. The molecule has 0 atom stereocenters.